The highest BCUT2D eigenvalue weighted by Gasteiger charge is 2.10. The van der Waals surface area contributed by atoms with E-state index in [2.05, 4.69) is 23.1 Å². The molecule has 2 aromatic heterocycles. The molecular weight excluding hydrogens is 276 g/mol. The third kappa shape index (κ3) is 3.44. The summed E-state index contributed by atoms with van der Waals surface area (Å²) in [6.07, 6.45) is 10.2. The lowest BCUT2D eigenvalue weighted by Gasteiger charge is -1.99. The Bertz CT molecular complexity index is 738. The molecule has 0 aliphatic rings. The predicted octanol–water partition coefficient (Wildman–Crippen LogP) is 4.01. The van der Waals surface area contributed by atoms with E-state index in [9.17, 15) is 5.11 Å². The van der Waals surface area contributed by atoms with E-state index in [1.165, 1.54) is 12.2 Å². The summed E-state index contributed by atoms with van der Waals surface area (Å²) >= 11 is 0. The predicted molar refractivity (Wildman–Crippen MR) is 93.4 cm³/mol. The minimum absolute atomic E-state index is 0.0186. The topological polar surface area (TPSA) is 76.4 Å². The van der Waals surface area contributed by atoms with Gasteiger partial charge in [-0.05, 0) is 13.0 Å². The first-order valence-electron chi connectivity index (χ1n) is 7.07. The Morgan fingerprint density at radius 2 is 1.91 bits per heavy atom. The first kappa shape index (κ1) is 17.2. The van der Waals surface area contributed by atoms with E-state index >= 15 is 0 Å². The van der Waals surface area contributed by atoms with Gasteiger partial charge in [0.2, 0.25) is 5.78 Å². The molecule has 3 N–H and O–H groups in total. The van der Waals surface area contributed by atoms with Crippen LogP contribution in [-0.2, 0) is 0 Å². The third-order valence-electron chi connectivity index (χ3n) is 2.80. The maximum atomic E-state index is 9.77. The fourth-order valence-corrected chi connectivity index (χ4v) is 1.84. The summed E-state index contributed by atoms with van der Waals surface area (Å²) in [4.78, 5) is 8.56. The fourth-order valence-electron chi connectivity index (χ4n) is 1.84. The Balaban J connectivity index is 0.00000116. The molecule has 0 aliphatic heterocycles. The molecule has 0 saturated heterocycles. The van der Waals surface area contributed by atoms with E-state index in [-0.39, 0.29) is 5.76 Å². The van der Waals surface area contributed by atoms with Crippen molar-refractivity contribution in [3.05, 3.63) is 60.8 Å². The van der Waals surface area contributed by atoms with Gasteiger partial charge in [-0.1, -0.05) is 45.2 Å². The van der Waals surface area contributed by atoms with Crippen LogP contribution in [0.3, 0.4) is 0 Å². The lowest BCUT2D eigenvalue weighted by atomic mass is 10.1. The maximum Gasteiger partial charge on any atom is 0.236 e. The lowest BCUT2D eigenvalue weighted by Crippen LogP contribution is -1.98. The van der Waals surface area contributed by atoms with Crippen LogP contribution in [-0.4, -0.2) is 19.5 Å². The molecule has 116 valence electrons. The summed E-state index contributed by atoms with van der Waals surface area (Å²) < 4.78 is 1.75. The molecule has 0 spiro atoms. The second-order valence-corrected chi connectivity index (χ2v) is 4.12. The SMILES string of the molecule is C=C/C(O)=C(\C=C)c1cn2cc(/C=C/C)c(N)nc2n1.CC. The third-order valence-corrected chi connectivity index (χ3v) is 2.80. The van der Waals surface area contributed by atoms with Gasteiger partial charge in [0.25, 0.3) is 0 Å². The lowest BCUT2D eigenvalue weighted by molar-refractivity contribution is 0.436. The number of fused-ring (bicyclic) bond motifs is 1. The molecule has 5 heteroatoms. The van der Waals surface area contributed by atoms with Crippen LogP contribution in [0, 0.1) is 0 Å². The van der Waals surface area contributed by atoms with Crippen LogP contribution in [0.4, 0.5) is 5.82 Å². The summed E-state index contributed by atoms with van der Waals surface area (Å²) in [5.41, 5.74) is 7.72. The molecule has 0 aliphatic carbocycles. The van der Waals surface area contributed by atoms with Crippen LogP contribution >= 0.6 is 0 Å². The van der Waals surface area contributed by atoms with Crippen molar-refractivity contribution in [2.75, 3.05) is 5.73 Å². The largest absolute Gasteiger partial charge is 0.507 e. The second kappa shape index (κ2) is 7.83. The standard InChI is InChI=1S/C15H16N4O.C2H6/c1-4-7-10-8-19-9-12(11(5-2)13(20)6-3)17-15(19)18-14(10)16;1-2/h4-9,20H,2-3H2,1H3,(H2,16,17,18);1-2H3/b7-4+,13-11-;. The normalized spacial score (nSPS) is 11.8. The van der Waals surface area contributed by atoms with Gasteiger partial charge in [0.05, 0.1) is 5.69 Å². The number of hydrogen-bond acceptors (Lipinski definition) is 4. The number of aliphatic hydroxyl groups excluding tert-OH is 1. The molecule has 0 unspecified atom stereocenters. The van der Waals surface area contributed by atoms with Gasteiger partial charge < -0.3 is 10.8 Å². The van der Waals surface area contributed by atoms with Crippen LogP contribution in [0.15, 0.2) is 49.5 Å². The van der Waals surface area contributed by atoms with Crippen molar-refractivity contribution in [2.45, 2.75) is 20.8 Å². The Morgan fingerprint density at radius 3 is 2.45 bits per heavy atom. The smallest absolute Gasteiger partial charge is 0.236 e. The number of rotatable bonds is 4. The Morgan fingerprint density at radius 1 is 1.23 bits per heavy atom. The van der Waals surface area contributed by atoms with Crippen LogP contribution in [0.2, 0.25) is 0 Å². The number of allylic oxidation sites excluding steroid dienone is 4. The quantitative estimate of drug-likeness (QED) is 0.660. The van der Waals surface area contributed by atoms with Gasteiger partial charge in [0.1, 0.15) is 11.6 Å². The second-order valence-electron chi connectivity index (χ2n) is 4.12. The molecule has 2 aromatic rings. The zero-order chi connectivity index (χ0) is 16.7. The molecule has 0 amide bonds. The van der Waals surface area contributed by atoms with Gasteiger partial charge >= 0.3 is 0 Å². The zero-order valence-corrected chi connectivity index (χ0v) is 13.2. The molecule has 0 atom stereocenters. The monoisotopic (exact) mass is 298 g/mol. The fraction of sp³-hybridized carbons (Fsp3) is 0.176. The average Bonchev–Trinajstić information content (AvgIpc) is 2.92. The first-order valence-corrected chi connectivity index (χ1v) is 7.07. The van der Waals surface area contributed by atoms with Crippen molar-refractivity contribution in [1.82, 2.24) is 14.4 Å². The van der Waals surface area contributed by atoms with Crippen LogP contribution in [0.25, 0.3) is 17.4 Å². The number of aliphatic hydroxyl groups is 1. The van der Waals surface area contributed by atoms with Gasteiger partial charge in [-0.3, -0.25) is 4.40 Å². The highest BCUT2D eigenvalue weighted by molar-refractivity contribution is 5.75. The molecule has 2 heterocycles. The van der Waals surface area contributed by atoms with E-state index in [0.717, 1.165) is 5.56 Å². The summed E-state index contributed by atoms with van der Waals surface area (Å²) in [6, 6.07) is 0. The Hall–Kier alpha value is -2.82. The zero-order valence-electron chi connectivity index (χ0n) is 13.2. The minimum Gasteiger partial charge on any atom is -0.507 e. The van der Waals surface area contributed by atoms with Gasteiger partial charge in [0.15, 0.2) is 0 Å². The van der Waals surface area contributed by atoms with Crippen LogP contribution in [0.5, 0.6) is 0 Å². The van der Waals surface area contributed by atoms with Crippen LogP contribution < -0.4 is 5.73 Å². The number of nitrogens with two attached hydrogens (primary N) is 1. The van der Waals surface area contributed by atoms with E-state index in [0.29, 0.717) is 22.9 Å². The minimum atomic E-state index is 0.0186. The summed E-state index contributed by atoms with van der Waals surface area (Å²) in [5.74, 6) is 0.886. The Labute approximate surface area is 130 Å². The van der Waals surface area contributed by atoms with Crippen molar-refractivity contribution in [3.63, 3.8) is 0 Å². The maximum absolute atomic E-state index is 9.77. The van der Waals surface area contributed by atoms with E-state index in [1.54, 1.807) is 10.6 Å². The molecule has 0 saturated carbocycles. The van der Waals surface area contributed by atoms with Crippen LogP contribution in [0.1, 0.15) is 32.0 Å². The number of nitrogens with zero attached hydrogens (tertiary/aromatic N) is 3. The Kier molecular flexibility index (Phi) is 6.13. The van der Waals surface area contributed by atoms with Gasteiger partial charge in [-0.25, -0.2) is 4.98 Å². The van der Waals surface area contributed by atoms with E-state index < -0.39 is 0 Å². The highest BCUT2D eigenvalue weighted by Crippen LogP contribution is 2.20. The number of hydrogen-bond donors (Lipinski definition) is 2. The number of nitrogen functional groups attached to an aromatic ring is 1. The summed E-state index contributed by atoms with van der Waals surface area (Å²) in [6.45, 7) is 13.1. The van der Waals surface area contributed by atoms with E-state index in [1.807, 2.05) is 39.1 Å². The molecular formula is C17H22N4O. The molecule has 0 radical (unpaired) electrons. The first-order chi connectivity index (χ1) is 10.6. The molecule has 2 rings (SSSR count). The number of imidazole rings is 1. The number of aromatic nitrogens is 3. The van der Waals surface area contributed by atoms with Crippen molar-refractivity contribution in [2.24, 2.45) is 0 Å². The summed E-state index contributed by atoms with van der Waals surface area (Å²) in [5, 5.41) is 9.77. The molecule has 0 fully saturated rings. The van der Waals surface area contributed by atoms with Crippen molar-refractivity contribution in [1.29, 1.82) is 0 Å². The summed E-state index contributed by atoms with van der Waals surface area (Å²) in [7, 11) is 0. The molecule has 0 aromatic carbocycles. The molecule has 0 bridgehead atoms. The van der Waals surface area contributed by atoms with Gasteiger partial charge in [-0.2, -0.15) is 4.98 Å². The highest BCUT2D eigenvalue weighted by atomic mass is 16.3. The molecule has 22 heavy (non-hydrogen) atoms. The van der Waals surface area contributed by atoms with E-state index in [4.69, 9.17) is 5.73 Å². The van der Waals surface area contributed by atoms with Gasteiger partial charge in [-0.15, -0.1) is 0 Å². The molecule has 5 nitrogen and oxygen atoms in total. The average molecular weight is 298 g/mol. The van der Waals surface area contributed by atoms with Crippen molar-refractivity contribution < 1.29 is 5.11 Å². The van der Waals surface area contributed by atoms with Gasteiger partial charge in [0, 0.05) is 23.5 Å². The number of anilines is 1. The van der Waals surface area contributed by atoms with Crippen molar-refractivity contribution >= 4 is 23.2 Å². The van der Waals surface area contributed by atoms with Crippen molar-refractivity contribution in [3.8, 4) is 0 Å².